The molecule has 2 aliphatic heterocycles. The summed E-state index contributed by atoms with van der Waals surface area (Å²) < 4.78 is 0. The smallest absolute Gasteiger partial charge is 0.236 e. The lowest BCUT2D eigenvalue weighted by molar-refractivity contribution is -0.133. The van der Waals surface area contributed by atoms with Crippen LogP contribution in [0.5, 0.6) is 0 Å². The molecule has 2 saturated heterocycles. The van der Waals surface area contributed by atoms with Gasteiger partial charge in [0, 0.05) is 54.2 Å². The Morgan fingerprint density at radius 3 is 2.39 bits per heavy atom. The first-order chi connectivity index (χ1) is 21.6. The third-order valence-electron chi connectivity index (χ3n) is 8.93. The van der Waals surface area contributed by atoms with Crippen molar-refractivity contribution < 1.29 is 9.59 Å². The molecule has 5 aromatic rings. The molecular weight excluding hydrogens is 550 g/mol. The van der Waals surface area contributed by atoms with Crippen molar-refractivity contribution >= 4 is 28.4 Å². The molecule has 0 unspecified atom stereocenters. The van der Waals surface area contributed by atoms with Gasteiger partial charge < -0.3 is 10.2 Å². The number of benzene rings is 3. The molecule has 3 aromatic carbocycles. The molecule has 2 amide bonds. The monoisotopic (exact) mass is 585 g/mol. The number of nitrogens with one attached hydrogen (secondary N) is 2. The van der Waals surface area contributed by atoms with Gasteiger partial charge in [0.25, 0.3) is 0 Å². The second kappa shape index (κ2) is 12.4. The van der Waals surface area contributed by atoms with E-state index in [1.54, 1.807) is 12.4 Å². The maximum Gasteiger partial charge on any atom is 0.236 e. The second-order valence-corrected chi connectivity index (χ2v) is 11.8. The summed E-state index contributed by atoms with van der Waals surface area (Å²) in [5.41, 5.74) is 5.87. The van der Waals surface area contributed by atoms with Crippen molar-refractivity contribution in [1.29, 1.82) is 0 Å². The van der Waals surface area contributed by atoms with E-state index in [2.05, 4.69) is 54.6 Å². The quantitative estimate of drug-likeness (QED) is 0.267. The van der Waals surface area contributed by atoms with Crippen LogP contribution in [0.25, 0.3) is 33.5 Å². The summed E-state index contributed by atoms with van der Waals surface area (Å²) in [4.78, 5) is 39.1. The normalized spacial score (nSPS) is 17.6. The molecular formula is C35H35N7O2. The van der Waals surface area contributed by atoms with Gasteiger partial charge in [-0.1, -0.05) is 54.6 Å². The topological polar surface area (TPSA) is 107 Å². The molecule has 2 aliphatic rings. The van der Waals surface area contributed by atoms with Crippen molar-refractivity contribution in [2.24, 2.45) is 5.92 Å². The number of carbonyl (C=O) groups excluding carboxylic acids is 2. The fourth-order valence-corrected chi connectivity index (χ4v) is 6.45. The lowest BCUT2D eigenvalue weighted by atomic mass is 9.89. The fourth-order valence-electron chi connectivity index (χ4n) is 6.45. The maximum atomic E-state index is 13.2. The Morgan fingerprint density at radius 1 is 0.841 bits per heavy atom. The number of hydrogen-bond donors (Lipinski definition) is 2. The van der Waals surface area contributed by atoms with Gasteiger partial charge in [0.05, 0.1) is 23.7 Å². The van der Waals surface area contributed by atoms with Gasteiger partial charge in [-0.3, -0.25) is 19.6 Å². The standard InChI is InChI=1S/C35H35N7O2/c43-32(42-19-14-25(15-20-42)24-7-9-27(10-8-24)34-36-16-4-17-37-34)23-41-18-13-28(22-41)35(44)38-29-11-12-31-30(21-29)33(40-39-31)26-5-2-1-3-6-26/h1-12,16-17,21,25,28H,13-15,18-20,22-23H2,(H,38,44)(H,39,40)/t28-/m1/s1. The molecule has 4 heterocycles. The minimum atomic E-state index is -0.147. The van der Waals surface area contributed by atoms with E-state index >= 15 is 0 Å². The average molecular weight is 586 g/mol. The van der Waals surface area contributed by atoms with Crippen LogP contribution in [0, 0.1) is 5.92 Å². The number of likely N-dealkylation sites (tertiary alicyclic amines) is 2. The summed E-state index contributed by atoms with van der Waals surface area (Å²) in [5, 5.41) is 11.6. The number of hydrogen-bond acceptors (Lipinski definition) is 6. The Kier molecular flexibility index (Phi) is 7.85. The summed E-state index contributed by atoms with van der Waals surface area (Å²) in [6, 6.07) is 26.2. The van der Waals surface area contributed by atoms with Crippen LogP contribution in [0.3, 0.4) is 0 Å². The Bertz CT molecular complexity index is 1750. The van der Waals surface area contributed by atoms with Gasteiger partial charge in [-0.15, -0.1) is 0 Å². The molecule has 7 rings (SSSR count). The molecule has 0 aliphatic carbocycles. The van der Waals surface area contributed by atoms with Gasteiger partial charge >= 0.3 is 0 Å². The van der Waals surface area contributed by atoms with Gasteiger partial charge in [-0.2, -0.15) is 5.10 Å². The SMILES string of the molecule is O=C(Nc1ccc2[nH]nc(-c3ccccc3)c2c1)[C@@H]1CCN(CC(=O)N2CCC(c3ccc(-c4ncccn4)cc3)CC2)C1. The first-order valence-electron chi connectivity index (χ1n) is 15.3. The molecule has 0 spiro atoms. The number of amides is 2. The van der Waals surface area contributed by atoms with Crippen molar-refractivity contribution in [3.05, 3.63) is 96.8 Å². The molecule has 44 heavy (non-hydrogen) atoms. The third kappa shape index (κ3) is 5.96. The number of fused-ring (bicyclic) bond motifs is 1. The highest BCUT2D eigenvalue weighted by Crippen LogP contribution is 2.31. The molecule has 9 nitrogen and oxygen atoms in total. The Labute approximate surface area is 256 Å². The van der Waals surface area contributed by atoms with Gasteiger partial charge in [0.15, 0.2) is 5.82 Å². The number of H-pyrrole nitrogens is 1. The van der Waals surface area contributed by atoms with Crippen LogP contribution in [0.1, 0.15) is 30.7 Å². The van der Waals surface area contributed by atoms with Crippen LogP contribution in [0.2, 0.25) is 0 Å². The van der Waals surface area contributed by atoms with E-state index in [9.17, 15) is 9.59 Å². The van der Waals surface area contributed by atoms with Crippen LogP contribution in [-0.4, -0.2) is 74.5 Å². The summed E-state index contributed by atoms with van der Waals surface area (Å²) in [5.74, 6) is 1.17. The molecule has 0 saturated carbocycles. The lowest BCUT2D eigenvalue weighted by Crippen LogP contribution is -2.43. The minimum absolute atomic E-state index is 0.00489. The van der Waals surface area contributed by atoms with Crippen LogP contribution in [0.4, 0.5) is 5.69 Å². The van der Waals surface area contributed by atoms with Crippen LogP contribution >= 0.6 is 0 Å². The zero-order chi connectivity index (χ0) is 29.9. The van der Waals surface area contributed by atoms with Crippen LogP contribution in [-0.2, 0) is 9.59 Å². The van der Waals surface area contributed by atoms with Crippen molar-refractivity contribution in [2.45, 2.75) is 25.2 Å². The van der Waals surface area contributed by atoms with Gasteiger partial charge in [0.1, 0.15) is 0 Å². The largest absolute Gasteiger partial charge is 0.342 e. The number of aromatic amines is 1. The number of aromatic nitrogens is 4. The van der Waals surface area contributed by atoms with E-state index in [0.29, 0.717) is 19.0 Å². The Hall–Kier alpha value is -4.89. The molecule has 0 radical (unpaired) electrons. The zero-order valence-corrected chi connectivity index (χ0v) is 24.5. The number of piperidine rings is 1. The Balaban J connectivity index is 0.897. The van der Waals surface area contributed by atoms with Gasteiger partial charge in [-0.05, 0) is 61.6 Å². The number of anilines is 1. The average Bonchev–Trinajstić information content (AvgIpc) is 3.73. The Morgan fingerprint density at radius 2 is 1.61 bits per heavy atom. The predicted octanol–water partition coefficient (Wildman–Crippen LogP) is 5.35. The van der Waals surface area contributed by atoms with E-state index in [1.165, 1.54) is 5.56 Å². The van der Waals surface area contributed by atoms with E-state index in [0.717, 1.165) is 78.1 Å². The van der Waals surface area contributed by atoms with Crippen molar-refractivity contribution in [2.75, 3.05) is 38.0 Å². The summed E-state index contributed by atoms with van der Waals surface area (Å²) >= 11 is 0. The zero-order valence-electron chi connectivity index (χ0n) is 24.5. The predicted molar refractivity (Wildman–Crippen MR) is 171 cm³/mol. The van der Waals surface area contributed by atoms with Gasteiger partial charge in [-0.25, -0.2) is 9.97 Å². The highest BCUT2D eigenvalue weighted by atomic mass is 16.2. The number of nitrogens with zero attached hydrogens (tertiary/aromatic N) is 5. The second-order valence-electron chi connectivity index (χ2n) is 11.8. The third-order valence-corrected chi connectivity index (χ3v) is 8.93. The minimum Gasteiger partial charge on any atom is -0.342 e. The van der Waals surface area contributed by atoms with E-state index in [-0.39, 0.29) is 17.7 Å². The highest BCUT2D eigenvalue weighted by Gasteiger charge is 2.31. The van der Waals surface area contributed by atoms with E-state index < -0.39 is 0 Å². The maximum absolute atomic E-state index is 13.2. The highest BCUT2D eigenvalue weighted by molar-refractivity contribution is 5.99. The molecule has 9 heteroatoms. The fraction of sp³-hybridized carbons (Fsp3) is 0.286. The van der Waals surface area contributed by atoms with Crippen LogP contribution in [0.15, 0.2) is 91.3 Å². The first kappa shape index (κ1) is 27.9. The van der Waals surface area contributed by atoms with Crippen molar-refractivity contribution in [3.63, 3.8) is 0 Å². The molecule has 1 atom stereocenters. The first-order valence-corrected chi connectivity index (χ1v) is 15.3. The molecule has 0 bridgehead atoms. The number of carbonyl (C=O) groups is 2. The lowest BCUT2D eigenvalue weighted by Gasteiger charge is -2.33. The molecule has 2 aromatic heterocycles. The van der Waals surface area contributed by atoms with Gasteiger partial charge in [0.2, 0.25) is 11.8 Å². The molecule has 2 fully saturated rings. The summed E-state index contributed by atoms with van der Waals surface area (Å²) in [6.45, 7) is 3.21. The number of rotatable bonds is 7. The summed E-state index contributed by atoms with van der Waals surface area (Å²) in [7, 11) is 0. The molecule has 2 N–H and O–H groups in total. The summed E-state index contributed by atoms with van der Waals surface area (Å²) in [6.07, 6.45) is 6.15. The van der Waals surface area contributed by atoms with Crippen molar-refractivity contribution in [1.82, 2.24) is 30.0 Å². The van der Waals surface area contributed by atoms with E-state index in [4.69, 9.17) is 0 Å². The van der Waals surface area contributed by atoms with Crippen LogP contribution < -0.4 is 5.32 Å². The molecule has 222 valence electrons. The van der Waals surface area contributed by atoms with Crippen molar-refractivity contribution in [3.8, 4) is 22.6 Å². The van der Waals surface area contributed by atoms with E-state index in [1.807, 2.05) is 59.5 Å².